The molecule has 1 fully saturated rings. The first-order valence-corrected chi connectivity index (χ1v) is 7.81. The van der Waals surface area contributed by atoms with Crippen LogP contribution in [0.5, 0.6) is 0 Å². The van der Waals surface area contributed by atoms with E-state index in [0.29, 0.717) is 6.04 Å². The lowest BCUT2D eigenvalue weighted by Gasteiger charge is -2.21. The Balaban J connectivity index is 1.89. The zero-order valence-electron chi connectivity index (χ0n) is 13.1. The van der Waals surface area contributed by atoms with E-state index in [1.807, 2.05) is 12.4 Å². The van der Waals surface area contributed by atoms with Gasteiger partial charge in [-0.3, -0.25) is 4.90 Å². The zero-order chi connectivity index (χ0) is 15.1. The average Bonchev–Trinajstić information content (AvgIpc) is 2.72. The fourth-order valence-corrected chi connectivity index (χ4v) is 2.46. The number of hydrogen-bond donors (Lipinski definition) is 2. The van der Waals surface area contributed by atoms with Crippen molar-refractivity contribution in [3.8, 4) is 0 Å². The van der Waals surface area contributed by atoms with Gasteiger partial charge in [-0.05, 0) is 13.0 Å². The molecule has 0 aromatic carbocycles. The number of β-amino-alcohol motifs (C(OH)–C–C–N with tert-alkyl or cyclic N) is 1. The van der Waals surface area contributed by atoms with Gasteiger partial charge in [-0.1, -0.05) is 13.8 Å². The fraction of sp³-hybridized carbons (Fsp3) is 0.733. The Morgan fingerprint density at radius 2 is 1.95 bits per heavy atom. The number of aromatic nitrogens is 2. The maximum Gasteiger partial charge on any atom is 0.225 e. The van der Waals surface area contributed by atoms with Crippen LogP contribution in [0.2, 0.25) is 0 Å². The van der Waals surface area contributed by atoms with Crippen molar-refractivity contribution in [3.63, 3.8) is 0 Å². The fourth-order valence-electron chi connectivity index (χ4n) is 2.46. The van der Waals surface area contributed by atoms with E-state index in [9.17, 15) is 0 Å². The topological polar surface area (TPSA) is 64.5 Å². The molecule has 21 heavy (non-hydrogen) atoms. The number of nitrogens with zero attached hydrogens (tertiary/aromatic N) is 4. The summed E-state index contributed by atoms with van der Waals surface area (Å²) in [6.07, 6.45) is 4.90. The zero-order valence-corrected chi connectivity index (χ0v) is 13.1. The molecule has 0 spiro atoms. The third-order valence-corrected chi connectivity index (χ3v) is 3.69. The minimum Gasteiger partial charge on any atom is -0.395 e. The molecule has 0 bridgehead atoms. The number of rotatable bonds is 6. The predicted molar refractivity (Wildman–Crippen MR) is 84.4 cm³/mol. The first-order chi connectivity index (χ1) is 10.2. The molecule has 0 radical (unpaired) electrons. The predicted octanol–water partition coefficient (Wildman–Crippen LogP) is 0.479. The number of anilines is 1. The van der Waals surface area contributed by atoms with Crippen LogP contribution >= 0.6 is 0 Å². The number of aliphatic hydroxyl groups excluding tert-OH is 1. The summed E-state index contributed by atoms with van der Waals surface area (Å²) in [6, 6.07) is 0.466. The normalized spacial score (nSPS) is 17.2. The van der Waals surface area contributed by atoms with E-state index in [4.69, 9.17) is 5.11 Å². The van der Waals surface area contributed by atoms with Crippen molar-refractivity contribution in [2.24, 2.45) is 0 Å². The van der Waals surface area contributed by atoms with Gasteiger partial charge in [-0.15, -0.1) is 0 Å². The molecule has 1 aromatic heterocycles. The molecule has 0 aliphatic carbocycles. The number of aliphatic hydroxyl groups is 1. The molecule has 0 amide bonds. The maximum absolute atomic E-state index is 9.03. The van der Waals surface area contributed by atoms with E-state index < -0.39 is 0 Å². The molecule has 1 aliphatic heterocycles. The minimum absolute atomic E-state index is 0.230. The summed E-state index contributed by atoms with van der Waals surface area (Å²) in [6.45, 7) is 9.95. The molecule has 118 valence electrons. The highest BCUT2D eigenvalue weighted by molar-refractivity contribution is 5.30. The van der Waals surface area contributed by atoms with Crippen LogP contribution in [0.15, 0.2) is 12.4 Å². The Kier molecular flexibility index (Phi) is 6.35. The van der Waals surface area contributed by atoms with Gasteiger partial charge in [0.15, 0.2) is 0 Å². The molecule has 1 saturated heterocycles. The van der Waals surface area contributed by atoms with Gasteiger partial charge < -0.3 is 15.3 Å². The highest BCUT2D eigenvalue weighted by Gasteiger charge is 2.16. The molecule has 6 heteroatoms. The monoisotopic (exact) mass is 293 g/mol. The third-order valence-electron chi connectivity index (χ3n) is 3.69. The van der Waals surface area contributed by atoms with Crippen LogP contribution in [0.1, 0.15) is 25.8 Å². The molecule has 1 aliphatic rings. The molecule has 2 N–H and O–H groups in total. The van der Waals surface area contributed by atoms with Gasteiger partial charge in [0.1, 0.15) is 0 Å². The summed E-state index contributed by atoms with van der Waals surface area (Å²) >= 11 is 0. The van der Waals surface area contributed by atoms with Gasteiger partial charge in [0.25, 0.3) is 0 Å². The van der Waals surface area contributed by atoms with Crippen LogP contribution in [0, 0.1) is 0 Å². The van der Waals surface area contributed by atoms with Crippen molar-refractivity contribution in [3.05, 3.63) is 18.0 Å². The van der Waals surface area contributed by atoms with Crippen LogP contribution in [0.3, 0.4) is 0 Å². The van der Waals surface area contributed by atoms with E-state index in [1.54, 1.807) is 0 Å². The summed E-state index contributed by atoms with van der Waals surface area (Å²) < 4.78 is 0. The Hall–Kier alpha value is -1.24. The summed E-state index contributed by atoms with van der Waals surface area (Å²) in [5.41, 5.74) is 1.11. The Morgan fingerprint density at radius 1 is 1.19 bits per heavy atom. The molecular formula is C15H27N5O. The second kappa shape index (κ2) is 8.26. The summed E-state index contributed by atoms with van der Waals surface area (Å²) in [7, 11) is 0. The molecule has 2 heterocycles. The largest absolute Gasteiger partial charge is 0.395 e. The highest BCUT2D eigenvalue weighted by atomic mass is 16.3. The second-order valence-corrected chi connectivity index (χ2v) is 5.83. The van der Waals surface area contributed by atoms with Gasteiger partial charge in [0.05, 0.1) is 6.61 Å². The van der Waals surface area contributed by atoms with E-state index in [-0.39, 0.29) is 6.61 Å². The van der Waals surface area contributed by atoms with Crippen LogP contribution < -0.4 is 10.2 Å². The lowest BCUT2D eigenvalue weighted by molar-refractivity contribution is 0.204. The van der Waals surface area contributed by atoms with Gasteiger partial charge in [-0.25, -0.2) is 9.97 Å². The average molecular weight is 293 g/mol. The van der Waals surface area contributed by atoms with Crippen LogP contribution in [0.4, 0.5) is 5.95 Å². The van der Waals surface area contributed by atoms with Gasteiger partial charge in [-0.2, -0.15) is 0 Å². The minimum atomic E-state index is 0.230. The lowest BCUT2D eigenvalue weighted by Crippen LogP contribution is -2.33. The van der Waals surface area contributed by atoms with Gasteiger partial charge in [0.2, 0.25) is 5.95 Å². The van der Waals surface area contributed by atoms with Crippen molar-refractivity contribution >= 4 is 5.95 Å². The number of nitrogens with one attached hydrogen (secondary N) is 1. The maximum atomic E-state index is 9.03. The highest BCUT2D eigenvalue weighted by Crippen LogP contribution is 2.11. The van der Waals surface area contributed by atoms with Gasteiger partial charge in [0, 0.05) is 56.7 Å². The second-order valence-electron chi connectivity index (χ2n) is 5.83. The van der Waals surface area contributed by atoms with E-state index in [1.165, 1.54) is 0 Å². The van der Waals surface area contributed by atoms with E-state index in [0.717, 1.165) is 57.2 Å². The Bertz CT molecular complexity index is 409. The van der Waals surface area contributed by atoms with Crippen LogP contribution in [-0.4, -0.2) is 65.3 Å². The standard InChI is InChI=1S/C15H27N5O/c1-13(2)16-10-14-11-17-15(18-12-14)20-5-3-4-19(6-7-20)8-9-21/h11-13,16,21H,3-10H2,1-2H3. The molecular weight excluding hydrogens is 266 g/mol. The summed E-state index contributed by atoms with van der Waals surface area (Å²) in [5.74, 6) is 0.814. The van der Waals surface area contributed by atoms with Gasteiger partial charge >= 0.3 is 0 Å². The quantitative estimate of drug-likeness (QED) is 0.795. The summed E-state index contributed by atoms with van der Waals surface area (Å²) in [4.78, 5) is 13.5. The molecule has 1 aromatic rings. The van der Waals surface area contributed by atoms with Crippen molar-refractivity contribution in [2.45, 2.75) is 32.9 Å². The Labute approximate surface area is 127 Å². The van der Waals surface area contributed by atoms with Crippen molar-refractivity contribution in [2.75, 3.05) is 44.2 Å². The first kappa shape index (κ1) is 16.1. The third kappa shape index (κ3) is 5.22. The summed E-state index contributed by atoms with van der Waals surface area (Å²) in [5, 5.41) is 12.4. The van der Waals surface area contributed by atoms with Crippen molar-refractivity contribution < 1.29 is 5.11 Å². The smallest absolute Gasteiger partial charge is 0.225 e. The Morgan fingerprint density at radius 3 is 2.62 bits per heavy atom. The lowest BCUT2D eigenvalue weighted by atomic mass is 10.3. The SMILES string of the molecule is CC(C)NCc1cnc(N2CCCN(CCO)CC2)nc1. The van der Waals surface area contributed by atoms with Crippen molar-refractivity contribution in [1.82, 2.24) is 20.2 Å². The van der Waals surface area contributed by atoms with Crippen molar-refractivity contribution in [1.29, 1.82) is 0 Å². The molecule has 6 nitrogen and oxygen atoms in total. The van der Waals surface area contributed by atoms with E-state index in [2.05, 4.69) is 38.9 Å². The molecule has 0 unspecified atom stereocenters. The molecule has 0 saturated carbocycles. The first-order valence-electron chi connectivity index (χ1n) is 7.81. The van der Waals surface area contributed by atoms with E-state index >= 15 is 0 Å². The number of hydrogen-bond acceptors (Lipinski definition) is 6. The molecule has 2 rings (SSSR count). The van der Waals surface area contributed by atoms with Crippen LogP contribution in [-0.2, 0) is 6.54 Å². The van der Waals surface area contributed by atoms with Crippen LogP contribution in [0.25, 0.3) is 0 Å². The molecule has 0 atom stereocenters.